The Kier molecular flexibility index (Phi) is 5.00. The summed E-state index contributed by atoms with van der Waals surface area (Å²) in [4.78, 5) is 13.4. The summed E-state index contributed by atoms with van der Waals surface area (Å²) in [6, 6.07) is 0.262. The van der Waals surface area contributed by atoms with Crippen LogP contribution in [-0.4, -0.2) is 67.9 Å². The number of rotatable bonds is 5. The van der Waals surface area contributed by atoms with Gasteiger partial charge in [0.15, 0.2) is 0 Å². The van der Waals surface area contributed by atoms with E-state index < -0.39 is 0 Å². The summed E-state index contributed by atoms with van der Waals surface area (Å²) >= 11 is 0. The maximum Gasteiger partial charge on any atom is 0.227 e. The van der Waals surface area contributed by atoms with E-state index in [9.17, 15) is 0 Å². The van der Waals surface area contributed by atoms with Gasteiger partial charge in [-0.15, -0.1) is 0 Å². The summed E-state index contributed by atoms with van der Waals surface area (Å²) in [5.41, 5.74) is 2.11. The van der Waals surface area contributed by atoms with Crippen molar-refractivity contribution >= 4 is 11.8 Å². The zero-order valence-electron chi connectivity index (χ0n) is 14.0. The lowest BCUT2D eigenvalue weighted by Gasteiger charge is -2.23. The molecule has 1 aromatic rings. The number of hydrogen-bond acceptors (Lipinski definition) is 6. The molecule has 0 aromatic carbocycles. The second-order valence-electron chi connectivity index (χ2n) is 5.94. The molecular weight excluding hydrogens is 266 g/mol. The summed E-state index contributed by atoms with van der Waals surface area (Å²) in [5, 5.41) is 3.57. The molecule has 2 atom stereocenters. The smallest absolute Gasteiger partial charge is 0.227 e. The number of likely N-dealkylation sites (tertiary alicyclic amines) is 1. The molecule has 1 aliphatic rings. The van der Waals surface area contributed by atoms with Crippen LogP contribution in [0.15, 0.2) is 0 Å². The number of ether oxygens (including phenoxy) is 1. The topological polar surface area (TPSA) is 53.5 Å². The summed E-state index contributed by atoms with van der Waals surface area (Å²) in [5.74, 6) is 1.65. The minimum Gasteiger partial charge on any atom is -0.375 e. The first-order valence-electron chi connectivity index (χ1n) is 7.51. The highest BCUT2D eigenvalue weighted by molar-refractivity contribution is 5.51. The van der Waals surface area contributed by atoms with Crippen molar-refractivity contribution in [3.05, 3.63) is 11.3 Å². The first-order chi connectivity index (χ1) is 9.92. The fraction of sp³-hybridized carbons (Fsp3) is 0.733. The van der Waals surface area contributed by atoms with Crippen LogP contribution in [0.2, 0.25) is 0 Å². The molecule has 0 amide bonds. The minimum atomic E-state index is 0.206. The van der Waals surface area contributed by atoms with E-state index in [0.717, 1.165) is 42.7 Å². The molecule has 1 aliphatic heterocycles. The molecule has 21 heavy (non-hydrogen) atoms. The second-order valence-corrected chi connectivity index (χ2v) is 5.94. The standard InChI is InChI=1S/C15H27N5O/c1-7-21-13-9-20(6)8-12(13)17-14-10(2)11(3)16-15(18-14)19(4)5/h12-13H,7-9H2,1-6H3,(H,16,17,18)/t12-,13-/m0/s1. The Morgan fingerprint density at radius 2 is 2.00 bits per heavy atom. The van der Waals surface area contributed by atoms with Crippen LogP contribution in [0.3, 0.4) is 0 Å². The fourth-order valence-electron chi connectivity index (χ4n) is 2.61. The van der Waals surface area contributed by atoms with Crippen molar-refractivity contribution in [3.8, 4) is 0 Å². The Morgan fingerprint density at radius 3 is 2.62 bits per heavy atom. The van der Waals surface area contributed by atoms with Crippen molar-refractivity contribution in [2.75, 3.05) is 51.1 Å². The van der Waals surface area contributed by atoms with Gasteiger partial charge in [0, 0.05) is 45.0 Å². The molecule has 6 heteroatoms. The average molecular weight is 293 g/mol. The van der Waals surface area contributed by atoms with E-state index in [1.165, 1.54) is 0 Å². The third-order valence-electron chi connectivity index (χ3n) is 3.93. The molecule has 0 aliphatic carbocycles. The molecule has 2 rings (SSSR count). The first kappa shape index (κ1) is 16.0. The molecule has 0 spiro atoms. The predicted molar refractivity (Wildman–Crippen MR) is 86.2 cm³/mol. The van der Waals surface area contributed by atoms with Crippen LogP contribution < -0.4 is 10.2 Å². The lowest BCUT2D eigenvalue weighted by Crippen LogP contribution is -2.35. The number of hydrogen-bond donors (Lipinski definition) is 1. The number of aryl methyl sites for hydroxylation is 1. The van der Waals surface area contributed by atoms with Gasteiger partial charge in [0.1, 0.15) is 5.82 Å². The van der Waals surface area contributed by atoms with Gasteiger partial charge < -0.3 is 19.9 Å². The Hall–Kier alpha value is -1.40. The van der Waals surface area contributed by atoms with Crippen LogP contribution in [0, 0.1) is 13.8 Å². The Labute approximate surface area is 127 Å². The predicted octanol–water partition coefficient (Wildman–Crippen LogP) is 1.29. The average Bonchev–Trinajstić information content (AvgIpc) is 2.75. The number of anilines is 2. The highest BCUT2D eigenvalue weighted by Crippen LogP contribution is 2.22. The van der Waals surface area contributed by atoms with Crippen LogP contribution in [0.1, 0.15) is 18.2 Å². The number of likely N-dealkylation sites (N-methyl/N-ethyl adjacent to an activating group) is 1. The lowest BCUT2D eigenvalue weighted by molar-refractivity contribution is 0.0652. The third kappa shape index (κ3) is 3.63. The van der Waals surface area contributed by atoms with Gasteiger partial charge >= 0.3 is 0 Å². The summed E-state index contributed by atoms with van der Waals surface area (Å²) in [6.45, 7) is 8.78. The third-order valence-corrected chi connectivity index (χ3v) is 3.93. The van der Waals surface area contributed by atoms with E-state index in [1.54, 1.807) is 0 Å². The number of nitrogens with zero attached hydrogens (tertiary/aromatic N) is 4. The van der Waals surface area contributed by atoms with E-state index in [4.69, 9.17) is 4.74 Å². The van der Waals surface area contributed by atoms with E-state index in [1.807, 2.05) is 32.8 Å². The lowest BCUT2D eigenvalue weighted by atomic mass is 10.2. The van der Waals surface area contributed by atoms with Gasteiger partial charge in [-0.25, -0.2) is 4.98 Å². The largest absolute Gasteiger partial charge is 0.375 e. The number of nitrogens with one attached hydrogen (secondary N) is 1. The van der Waals surface area contributed by atoms with E-state index >= 15 is 0 Å². The van der Waals surface area contributed by atoms with Gasteiger partial charge in [0.2, 0.25) is 5.95 Å². The van der Waals surface area contributed by atoms with Gasteiger partial charge in [0.25, 0.3) is 0 Å². The van der Waals surface area contributed by atoms with Crippen LogP contribution in [0.4, 0.5) is 11.8 Å². The van der Waals surface area contributed by atoms with E-state index in [0.29, 0.717) is 0 Å². The van der Waals surface area contributed by atoms with E-state index in [2.05, 4.69) is 34.2 Å². The monoisotopic (exact) mass is 293 g/mol. The van der Waals surface area contributed by atoms with E-state index in [-0.39, 0.29) is 12.1 Å². The Morgan fingerprint density at radius 1 is 1.29 bits per heavy atom. The molecule has 1 saturated heterocycles. The highest BCUT2D eigenvalue weighted by atomic mass is 16.5. The Bertz CT molecular complexity index is 491. The number of aromatic nitrogens is 2. The van der Waals surface area contributed by atoms with Crippen molar-refractivity contribution in [2.45, 2.75) is 32.9 Å². The normalized spacial score (nSPS) is 22.6. The van der Waals surface area contributed by atoms with Crippen molar-refractivity contribution in [2.24, 2.45) is 0 Å². The van der Waals surface area contributed by atoms with Gasteiger partial charge in [-0.3, -0.25) is 0 Å². The molecule has 0 radical (unpaired) electrons. The van der Waals surface area contributed by atoms with Gasteiger partial charge in [-0.2, -0.15) is 4.98 Å². The zero-order valence-corrected chi connectivity index (χ0v) is 14.0. The summed E-state index contributed by atoms with van der Waals surface area (Å²) in [6.07, 6.45) is 0.206. The quantitative estimate of drug-likeness (QED) is 0.883. The molecule has 1 fully saturated rings. The van der Waals surface area contributed by atoms with Crippen molar-refractivity contribution in [1.29, 1.82) is 0 Å². The van der Waals surface area contributed by atoms with Gasteiger partial charge in [-0.05, 0) is 27.8 Å². The zero-order chi connectivity index (χ0) is 15.6. The van der Waals surface area contributed by atoms with Crippen LogP contribution in [0.5, 0.6) is 0 Å². The summed E-state index contributed by atoms with van der Waals surface area (Å²) in [7, 11) is 6.04. The molecule has 0 saturated carbocycles. The van der Waals surface area contributed by atoms with Crippen molar-refractivity contribution in [1.82, 2.24) is 14.9 Å². The molecule has 0 unspecified atom stereocenters. The molecule has 118 valence electrons. The molecule has 1 aromatic heterocycles. The second kappa shape index (κ2) is 6.58. The fourth-order valence-corrected chi connectivity index (χ4v) is 2.61. The molecular formula is C15H27N5O. The van der Waals surface area contributed by atoms with Crippen molar-refractivity contribution < 1.29 is 4.74 Å². The van der Waals surface area contributed by atoms with Crippen LogP contribution >= 0.6 is 0 Å². The minimum absolute atomic E-state index is 0.206. The maximum atomic E-state index is 5.85. The van der Waals surface area contributed by atoms with Gasteiger partial charge in [0.05, 0.1) is 12.1 Å². The van der Waals surface area contributed by atoms with Gasteiger partial charge in [-0.1, -0.05) is 0 Å². The highest BCUT2D eigenvalue weighted by Gasteiger charge is 2.32. The first-order valence-corrected chi connectivity index (χ1v) is 7.51. The maximum absolute atomic E-state index is 5.85. The van der Waals surface area contributed by atoms with Crippen molar-refractivity contribution in [3.63, 3.8) is 0 Å². The van der Waals surface area contributed by atoms with Crippen LogP contribution in [0.25, 0.3) is 0 Å². The SMILES string of the molecule is CCO[C@H]1CN(C)C[C@@H]1Nc1nc(N(C)C)nc(C)c1C. The Balaban J connectivity index is 2.22. The van der Waals surface area contributed by atoms with Crippen LogP contribution in [-0.2, 0) is 4.74 Å². The molecule has 6 nitrogen and oxygen atoms in total. The summed E-state index contributed by atoms with van der Waals surface area (Å²) < 4.78 is 5.85. The molecule has 0 bridgehead atoms. The molecule has 1 N–H and O–H groups in total. The molecule has 2 heterocycles.